The van der Waals surface area contributed by atoms with E-state index in [0.717, 1.165) is 60.2 Å². The third-order valence-electron chi connectivity index (χ3n) is 7.37. The minimum Gasteiger partial charge on any atom is -0.354 e. The first-order valence-corrected chi connectivity index (χ1v) is 13.4. The molecular formula is C32H35N3O2. The van der Waals surface area contributed by atoms with Gasteiger partial charge in [-0.2, -0.15) is 0 Å². The van der Waals surface area contributed by atoms with E-state index < -0.39 is 12.1 Å². The van der Waals surface area contributed by atoms with E-state index in [1.165, 1.54) is 5.57 Å². The Kier molecular flexibility index (Phi) is 7.69. The van der Waals surface area contributed by atoms with Crippen LogP contribution in [-0.4, -0.2) is 29.3 Å². The second-order valence-electron chi connectivity index (χ2n) is 9.91. The summed E-state index contributed by atoms with van der Waals surface area (Å²) in [5.74, 6) is -0.157. The molecule has 1 heterocycles. The Bertz CT molecular complexity index is 1260. The first-order valence-electron chi connectivity index (χ1n) is 13.4. The molecule has 0 spiro atoms. The Morgan fingerprint density at radius 1 is 0.973 bits per heavy atom. The number of rotatable bonds is 8. The van der Waals surface area contributed by atoms with Crippen LogP contribution >= 0.6 is 0 Å². The molecule has 2 aliphatic rings. The fraction of sp³-hybridized carbons (Fsp3) is 0.312. The number of anilines is 1. The highest BCUT2D eigenvalue weighted by Gasteiger charge is 2.42. The summed E-state index contributed by atoms with van der Waals surface area (Å²) in [4.78, 5) is 30.1. The van der Waals surface area contributed by atoms with Gasteiger partial charge in [0.15, 0.2) is 0 Å². The van der Waals surface area contributed by atoms with Gasteiger partial charge in [-0.25, -0.2) is 0 Å². The highest BCUT2D eigenvalue weighted by Crippen LogP contribution is 2.45. The topological polar surface area (TPSA) is 61.4 Å². The first-order chi connectivity index (χ1) is 18.2. The molecule has 1 saturated carbocycles. The molecule has 5 rings (SSSR count). The lowest BCUT2D eigenvalue weighted by molar-refractivity contribution is -0.128. The molecule has 0 radical (unpaired) electrons. The highest BCUT2D eigenvalue weighted by molar-refractivity contribution is 6.02. The molecular weight excluding hydrogens is 458 g/mol. The average molecular weight is 494 g/mol. The molecule has 1 aliphatic heterocycles. The fourth-order valence-corrected chi connectivity index (χ4v) is 5.30. The second kappa shape index (κ2) is 11.5. The monoisotopic (exact) mass is 493 g/mol. The van der Waals surface area contributed by atoms with Gasteiger partial charge >= 0.3 is 0 Å². The Balaban J connectivity index is 1.70. The summed E-state index contributed by atoms with van der Waals surface area (Å²) in [5, 5.41) is 6.39. The third kappa shape index (κ3) is 5.31. The van der Waals surface area contributed by atoms with Crippen molar-refractivity contribution >= 4 is 23.2 Å². The number of nitrogens with one attached hydrogen (secondary N) is 2. The normalized spacial score (nSPS) is 17.8. The lowest BCUT2D eigenvalue weighted by atomic mass is 9.85. The van der Waals surface area contributed by atoms with E-state index in [4.69, 9.17) is 0 Å². The number of para-hydroxylation sites is 1. The standard InChI is InChI=1S/C32H35N3O2/c1-2-3-21-33-32(37)30(25-15-8-5-9-16-25)35-28(22-23-13-6-4-7-14-23)31(36)34-27-20-11-10-19-26(27)29(35)24-17-12-18-24/h4-11,13-16,19-20,28,30H,2-3,12,17-18,21-22H2,1H3,(H,33,37)(H,34,36). The molecule has 2 amide bonds. The van der Waals surface area contributed by atoms with Gasteiger partial charge in [-0.05, 0) is 48.4 Å². The van der Waals surface area contributed by atoms with Gasteiger partial charge in [0.05, 0.1) is 5.69 Å². The number of hydrogen-bond acceptors (Lipinski definition) is 3. The van der Waals surface area contributed by atoms with Gasteiger partial charge in [-0.3, -0.25) is 9.59 Å². The number of benzene rings is 3. The number of unbranched alkanes of at least 4 members (excludes halogenated alkanes) is 1. The Morgan fingerprint density at radius 2 is 1.65 bits per heavy atom. The van der Waals surface area contributed by atoms with Crippen molar-refractivity contribution in [2.75, 3.05) is 11.9 Å². The van der Waals surface area contributed by atoms with E-state index in [-0.39, 0.29) is 11.8 Å². The summed E-state index contributed by atoms with van der Waals surface area (Å²) >= 11 is 0. The third-order valence-corrected chi connectivity index (χ3v) is 7.37. The van der Waals surface area contributed by atoms with Crippen LogP contribution < -0.4 is 10.6 Å². The molecule has 0 aromatic heterocycles. The van der Waals surface area contributed by atoms with Crippen LogP contribution in [0.1, 0.15) is 61.8 Å². The van der Waals surface area contributed by atoms with Crippen molar-refractivity contribution in [2.24, 2.45) is 0 Å². The lowest BCUT2D eigenvalue weighted by Gasteiger charge is -2.41. The Morgan fingerprint density at radius 3 is 2.32 bits per heavy atom. The predicted octanol–water partition coefficient (Wildman–Crippen LogP) is 6.10. The second-order valence-corrected chi connectivity index (χ2v) is 9.91. The minimum absolute atomic E-state index is 0.0673. The van der Waals surface area contributed by atoms with E-state index >= 15 is 0 Å². The van der Waals surface area contributed by atoms with Crippen molar-refractivity contribution in [3.8, 4) is 0 Å². The summed E-state index contributed by atoms with van der Waals surface area (Å²) in [6, 6.07) is 26.8. The largest absolute Gasteiger partial charge is 0.354 e. The Labute approximate surface area is 219 Å². The summed E-state index contributed by atoms with van der Waals surface area (Å²) in [6.45, 7) is 2.73. The lowest BCUT2D eigenvalue weighted by Crippen LogP contribution is -2.49. The molecule has 1 fully saturated rings. The van der Waals surface area contributed by atoms with Crippen LogP contribution in [-0.2, 0) is 16.0 Å². The van der Waals surface area contributed by atoms with Crippen LogP contribution in [0.25, 0.3) is 5.70 Å². The molecule has 5 nitrogen and oxygen atoms in total. The van der Waals surface area contributed by atoms with Crippen molar-refractivity contribution in [3.63, 3.8) is 0 Å². The van der Waals surface area contributed by atoms with Crippen LogP contribution in [0.15, 0.2) is 90.5 Å². The smallest absolute Gasteiger partial charge is 0.247 e. The van der Waals surface area contributed by atoms with Gasteiger partial charge < -0.3 is 15.5 Å². The van der Waals surface area contributed by atoms with Gasteiger partial charge in [0.25, 0.3) is 0 Å². The van der Waals surface area contributed by atoms with E-state index in [9.17, 15) is 9.59 Å². The quantitative estimate of drug-likeness (QED) is 0.373. The number of carbonyl (C=O) groups is 2. The van der Waals surface area contributed by atoms with Crippen LogP contribution in [0.2, 0.25) is 0 Å². The number of nitrogens with zero attached hydrogens (tertiary/aromatic N) is 1. The highest BCUT2D eigenvalue weighted by atomic mass is 16.2. The number of allylic oxidation sites excluding steroid dienone is 1. The molecule has 3 aromatic carbocycles. The number of carbonyl (C=O) groups excluding carboxylic acids is 2. The van der Waals surface area contributed by atoms with Crippen molar-refractivity contribution < 1.29 is 9.59 Å². The van der Waals surface area contributed by atoms with Crippen LogP contribution in [0, 0.1) is 0 Å². The van der Waals surface area contributed by atoms with E-state index in [0.29, 0.717) is 13.0 Å². The van der Waals surface area contributed by atoms with E-state index in [1.807, 2.05) is 66.7 Å². The molecule has 0 bridgehead atoms. The molecule has 0 saturated heterocycles. The van der Waals surface area contributed by atoms with Gasteiger partial charge in [-0.15, -0.1) is 0 Å². The summed E-state index contributed by atoms with van der Waals surface area (Å²) in [7, 11) is 0. The maximum atomic E-state index is 14.0. The number of fused-ring (bicyclic) bond motifs is 1. The van der Waals surface area contributed by atoms with E-state index in [1.54, 1.807) is 0 Å². The van der Waals surface area contributed by atoms with Crippen molar-refractivity contribution in [1.29, 1.82) is 0 Å². The van der Waals surface area contributed by atoms with Gasteiger partial charge in [0.2, 0.25) is 11.8 Å². The molecule has 1 aliphatic carbocycles. The zero-order chi connectivity index (χ0) is 25.6. The van der Waals surface area contributed by atoms with Gasteiger partial charge in [-0.1, -0.05) is 92.2 Å². The fourth-order valence-electron chi connectivity index (χ4n) is 5.30. The van der Waals surface area contributed by atoms with Crippen LogP contribution in [0.4, 0.5) is 5.69 Å². The van der Waals surface area contributed by atoms with Gasteiger partial charge in [0, 0.05) is 24.2 Å². The zero-order valence-corrected chi connectivity index (χ0v) is 21.5. The molecule has 37 heavy (non-hydrogen) atoms. The van der Waals surface area contributed by atoms with E-state index in [2.05, 4.69) is 40.7 Å². The summed E-state index contributed by atoms with van der Waals surface area (Å²) in [6.07, 6.45) is 5.50. The van der Waals surface area contributed by atoms with Crippen molar-refractivity contribution in [2.45, 2.75) is 57.5 Å². The van der Waals surface area contributed by atoms with Crippen molar-refractivity contribution in [1.82, 2.24) is 10.2 Å². The maximum absolute atomic E-state index is 14.0. The number of amides is 2. The predicted molar refractivity (Wildman–Crippen MR) is 149 cm³/mol. The average Bonchev–Trinajstić information content (AvgIpc) is 3.00. The van der Waals surface area contributed by atoms with Gasteiger partial charge in [0.1, 0.15) is 12.1 Å². The van der Waals surface area contributed by atoms with Crippen LogP contribution in [0.3, 0.4) is 0 Å². The maximum Gasteiger partial charge on any atom is 0.247 e. The Hall–Kier alpha value is -3.86. The van der Waals surface area contributed by atoms with Crippen LogP contribution in [0.5, 0.6) is 0 Å². The molecule has 5 heteroatoms. The molecule has 2 N–H and O–H groups in total. The van der Waals surface area contributed by atoms with Crippen molar-refractivity contribution in [3.05, 3.63) is 107 Å². The molecule has 2 atom stereocenters. The zero-order valence-electron chi connectivity index (χ0n) is 21.5. The molecule has 3 aromatic rings. The minimum atomic E-state index is -0.633. The SMILES string of the molecule is CCCCNC(=O)C(c1ccccc1)N1C(=C2CCC2)c2ccccc2NC(=O)C1Cc1ccccc1. The summed E-state index contributed by atoms with van der Waals surface area (Å²) < 4.78 is 0. The molecule has 190 valence electrons. The number of hydrogen-bond donors (Lipinski definition) is 2. The summed E-state index contributed by atoms with van der Waals surface area (Å²) in [5.41, 5.74) is 6.09. The first kappa shape index (κ1) is 24.8. The molecule has 2 unspecified atom stereocenters.